The number of hydrogen-bond donors (Lipinski definition) is 1. The number of ether oxygens (including phenoxy) is 2. The third-order valence-electron chi connectivity index (χ3n) is 6.31. The van der Waals surface area contributed by atoms with E-state index in [1.165, 1.54) is 18.7 Å². The monoisotopic (exact) mass is 503 g/mol. The molecule has 0 amide bonds. The molecule has 4 aromatic rings. The molecule has 2 N–H and O–H groups in total. The highest BCUT2D eigenvalue weighted by Gasteiger charge is 2.43. The number of nitrogens with two attached hydrogens (primary N) is 1. The number of esters is 1. The van der Waals surface area contributed by atoms with E-state index in [1.54, 1.807) is 41.8 Å². The van der Waals surface area contributed by atoms with Crippen LogP contribution in [0.3, 0.4) is 0 Å². The van der Waals surface area contributed by atoms with Crippen molar-refractivity contribution in [3.8, 4) is 17.4 Å². The van der Waals surface area contributed by atoms with Gasteiger partial charge in [-0.05, 0) is 26.0 Å². The highest BCUT2D eigenvalue weighted by atomic mass is 16.5. The summed E-state index contributed by atoms with van der Waals surface area (Å²) in [6, 6.07) is 9.41. The second-order valence-electron chi connectivity index (χ2n) is 8.50. The Kier molecular flexibility index (Phi) is 5.78. The largest absolute Gasteiger partial charge is 0.462 e. The van der Waals surface area contributed by atoms with E-state index in [0.29, 0.717) is 17.1 Å². The van der Waals surface area contributed by atoms with Crippen molar-refractivity contribution >= 4 is 5.97 Å². The van der Waals surface area contributed by atoms with Gasteiger partial charge >= 0.3 is 11.7 Å². The van der Waals surface area contributed by atoms with Gasteiger partial charge in [0.1, 0.15) is 17.7 Å². The predicted molar refractivity (Wildman–Crippen MR) is 133 cm³/mol. The van der Waals surface area contributed by atoms with Crippen LogP contribution < -0.4 is 21.7 Å². The number of para-hydroxylation sites is 1. The van der Waals surface area contributed by atoms with Crippen LogP contribution in [0.2, 0.25) is 0 Å². The lowest BCUT2D eigenvalue weighted by Gasteiger charge is -2.29. The van der Waals surface area contributed by atoms with E-state index in [4.69, 9.17) is 20.3 Å². The standard InChI is InChI=1S/C25H25N7O5/c1-5-36-24(34)18-17(19-22(33)29(3)25(35)30(4)23(19)37-20(18)26)16-14(2)28-32(15-9-7-6-8-10-15)21(16)31-12-11-27-13-31/h6-13,17H,5,26H2,1-4H3. The number of hydrogen-bond acceptors (Lipinski definition) is 8. The lowest BCUT2D eigenvalue weighted by atomic mass is 9.83. The van der Waals surface area contributed by atoms with Crippen LogP contribution in [0.5, 0.6) is 5.88 Å². The lowest BCUT2D eigenvalue weighted by molar-refractivity contribution is -0.139. The normalized spacial score (nSPS) is 14.9. The van der Waals surface area contributed by atoms with Crippen LogP contribution >= 0.6 is 0 Å². The highest BCUT2D eigenvalue weighted by Crippen LogP contribution is 2.44. The molecule has 5 rings (SSSR count). The number of imidazole rings is 1. The Bertz CT molecular complexity index is 1660. The Morgan fingerprint density at radius 2 is 1.86 bits per heavy atom. The van der Waals surface area contributed by atoms with Crippen molar-refractivity contribution in [3.05, 3.63) is 98.2 Å². The molecule has 0 fully saturated rings. The predicted octanol–water partition coefficient (Wildman–Crippen LogP) is 1.02. The quantitative estimate of drug-likeness (QED) is 0.398. The SMILES string of the molecule is CCOC(=O)C1=C(N)Oc2c(c(=O)n(C)c(=O)n2C)C1c1c(C)nn(-c2ccccc2)c1-n1ccnc1. The first-order valence-corrected chi connectivity index (χ1v) is 11.5. The van der Waals surface area contributed by atoms with Crippen LogP contribution in [-0.4, -0.2) is 41.0 Å². The summed E-state index contributed by atoms with van der Waals surface area (Å²) in [5, 5.41) is 4.78. The number of carbonyl (C=O) groups excluding carboxylic acids is 1. The fourth-order valence-corrected chi connectivity index (χ4v) is 4.63. The number of aromatic nitrogens is 6. The van der Waals surface area contributed by atoms with Gasteiger partial charge in [-0.1, -0.05) is 18.2 Å². The minimum absolute atomic E-state index is 0.0490. The number of carbonyl (C=O) groups is 1. The smallest absolute Gasteiger partial charge is 0.340 e. The van der Waals surface area contributed by atoms with E-state index >= 15 is 0 Å². The molecule has 1 aliphatic heterocycles. The number of fused-ring (bicyclic) bond motifs is 1. The minimum Gasteiger partial charge on any atom is -0.462 e. The fourth-order valence-electron chi connectivity index (χ4n) is 4.63. The van der Waals surface area contributed by atoms with Crippen LogP contribution in [0.25, 0.3) is 11.5 Å². The van der Waals surface area contributed by atoms with Crippen molar-refractivity contribution in [3.63, 3.8) is 0 Å². The zero-order chi connectivity index (χ0) is 26.4. The third-order valence-corrected chi connectivity index (χ3v) is 6.31. The molecule has 12 nitrogen and oxygen atoms in total. The van der Waals surface area contributed by atoms with Crippen molar-refractivity contribution < 1.29 is 14.3 Å². The van der Waals surface area contributed by atoms with Crippen LogP contribution in [-0.2, 0) is 23.6 Å². The molecule has 37 heavy (non-hydrogen) atoms. The van der Waals surface area contributed by atoms with Crippen LogP contribution in [0.1, 0.15) is 29.7 Å². The summed E-state index contributed by atoms with van der Waals surface area (Å²) in [6.45, 7) is 3.52. The molecule has 0 bridgehead atoms. The summed E-state index contributed by atoms with van der Waals surface area (Å²) in [5.74, 6) is -1.57. The van der Waals surface area contributed by atoms with E-state index in [1.807, 2.05) is 30.3 Å². The second-order valence-corrected chi connectivity index (χ2v) is 8.50. The summed E-state index contributed by atoms with van der Waals surface area (Å²) in [7, 11) is 2.84. The molecule has 0 saturated carbocycles. The lowest BCUT2D eigenvalue weighted by Crippen LogP contribution is -2.43. The fraction of sp³-hybridized carbons (Fsp3) is 0.240. The van der Waals surface area contributed by atoms with Gasteiger partial charge in [0, 0.05) is 32.1 Å². The molecule has 1 atom stereocenters. The van der Waals surface area contributed by atoms with Gasteiger partial charge in [0.15, 0.2) is 0 Å². The number of aryl methyl sites for hydroxylation is 1. The molecule has 0 saturated heterocycles. The summed E-state index contributed by atoms with van der Waals surface area (Å²) in [4.78, 5) is 43.8. The van der Waals surface area contributed by atoms with Gasteiger partial charge in [-0.2, -0.15) is 5.10 Å². The zero-order valence-electron chi connectivity index (χ0n) is 20.7. The molecule has 3 aromatic heterocycles. The van der Waals surface area contributed by atoms with E-state index in [2.05, 4.69) is 4.98 Å². The van der Waals surface area contributed by atoms with Crippen LogP contribution in [0.15, 0.2) is 70.1 Å². The first kappa shape index (κ1) is 23.9. The zero-order valence-corrected chi connectivity index (χ0v) is 20.7. The molecule has 0 spiro atoms. The van der Waals surface area contributed by atoms with Gasteiger partial charge < -0.3 is 15.2 Å². The van der Waals surface area contributed by atoms with Crippen molar-refractivity contribution in [1.29, 1.82) is 0 Å². The molecule has 0 aliphatic carbocycles. The molecule has 1 aliphatic rings. The Labute approximate surface area is 210 Å². The van der Waals surface area contributed by atoms with E-state index in [0.717, 1.165) is 10.3 Å². The Balaban J connectivity index is 1.92. The third kappa shape index (κ3) is 3.64. The Morgan fingerprint density at radius 3 is 2.51 bits per heavy atom. The molecule has 190 valence electrons. The summed E-state index contributed by atoms with van der Waals surface area (Å²) >= 11 is 0. The van der Waals surface area contributed by atoms with Crippen LogP contribution in [0.4, 0.5) is 0 Å². The molecular weight excluding hydrogens is 478 g/mol. The van der Waals surface area contributed by atoms with Crippen LogP contribution in [0, 0.1) is 6.92 Å². The van der Waals surface area contributed by atoms with Crippen molar-refractivity contribution in [2.75, 3.05) is 6.61 Å². The van der Waals surface area contributed by atoms with Gasteiger partial charge in [-0.15, -0.1) is 0 Å². The van der Waals surface area contributed by atoms with Crippen molar-refractivity contribution in [1.82, 2.24) is 28.5 Å². The van der Waals surface area contributed by atoms with Crippen molar-refractivity contribution in [2.24, 2.45) is 19.8 Å². The van der Waals surface area contributed by atoms with E-state index in [-0.39, 0.29) is 29.5 Å². The first-order valence-electron chi connectivity index (χ1n) is 11.5. The summed E-state index contributed by atoms with van der Waals surface area (Å²) in [5.41, 5.74) is 6.86. The number of rotatable bonds is 5. The summed E-state index contributed by atoms with van der Waals surface area (Å²) < 4.78 is 16.6. The van der Waals surface area contributed by atoms with Gasteiger partial charge in [-0.25, -0.2) is 19.3 Å². The topological polar surface area (TPSA) is 141 Å². The maximum absolute atomic E-state index is 13.6. The average Bonchev–Trinajstić information content (AvgIpc) is 3.53. The molecule has 12 heteroatoms. The van der Waals surface area contributed by atoms with Gasteiger partial charge in [0.2, 0.25) is 11.8 Å². The maximum atomic E-state index is 13.6. The van der Waals surface area contributed by atoms with Gasteiger partial charge in [0.05, 0.1) is 29.5 Å². The Hall–Kier alpha value is -4.87. The van der Waals surface area contributed by atoms with E-state index < -0.39 is 23.1 Å². The molecule has 4 heterocycles. The number of benzene rings is 1. The minimum atomic E-state index is -1.05. The van der Waals surface area contributed by atoms with Crippen molar-refractivity contribution in [2.45, 2.75) is 19.8 Å². The Morgan fingerprint density at radius 1 is 1.14 bits per heavy atom. The van der Waals surface area contributed by atoms with E-state index in [9.17, 15) is 14.4 Å². The maximum Gasteiger partial charge on any atom is 0.340 e. The second kappa shape index (κ2) is 8.97. The molecule has 0 radical (unpaired) electrons. The highest BCUT2D eigenvalue weighted by molar-refractivity contribution is 5.93. The first-order chi connectivity index (χ1) is 17.8. The molecule has 1 unspecified atom stereocenters. The van der Waals surface area contributed by atoms with Gasteiger partial charge in [0.25, 0.3) is 5.56 Å². The number of nitrogens with zero attached hydrogens (tertiary/aromatic N) is 6. The average molecular weight is 504 g/mol. The molecular formula is C25H25N7O5. The molecule has 1 aromatic carbocycles. The van der Waals surface area contributed by atoms with Gasteiger partial charge in [-0.3, -0.25) is 18.5 Å². The summed E-state index contributed by atoms with van der Waals surface area (Å²) in [6.07, 6.45) is 4.93.